The Bertz CT molecular complexity index is 124. The minimum Gasteiger partial charge on any atom is 6.00 e. The van der Waals surface area contributed by atoms with E-state index in [-0.39, 0.29) is 17.1 Å². The van der Waals surface area contributed by atoms with Crippen molar-refractivity contribution in [3.63, 3.8) is 0 Å². The molecule has 0 aromatic rings. The third-order valence-corrected chi connectivity index (χ3v) is 0. The molecule has 0 aliphatic heterocycles. The first-order chi connectivity index (χ1) is 4.00. The monoisotopic (exact) mass is 334 g/mol. The quantitative estimate of drug-likeness (QED) is 0.393. The maximum Gasteiger partial charge on any atom is 6.00 e. The Morgan fingerprint density at radius 3 is 0.636 bits per heavy atom. The second kappa shape index (κ2) is 6.51. The van der Waals surface area contributed by atoms with Crippen LogP contribution in [0.25, 0.3) is 0 Å². The number of rotatable bonds is 0. The average Bonchev–Trinajstić information content (AvgIpc) is 1.12. The molecule has 0 fully saturated rings. The fourth-order valence-corrected chi connectivity index (χ4v) is 0. The molecule has 11 heteroatoms. The molecule has 0 aromatic heterocycles. The first-order valence-electron chi connectivity index (χ1n) is 1.46. The Balaban J connectivity index is -0.000000107. The summed E-state index contributed by atoms with van der Waals surface area (Å²) in [7, 11) is 0. The Hall–Kier alpha value is 0.996. The van der Waals surface area contributed by atoms with E-state index >= 15 is 0 Å². The molecule has 0 spiro atoms. The molecule has 8 nitrogen and oxygen atoms in total. The molecule has 0 atom stereocenters. The van der Waals surface area contributed by atoms with Gasteiger partial charge in [-0.1, -0.05) is 0 Å². The van der Waals surface area contributed by atoms with Crippen LogP contribution in [0.3, 0.4) is 0 Å². The van der Waals surface area contributed by atoms with Crippen molar-refractivity contribution in [1.29, 1.82) is 0 Å². The first-order valence-corrected chi connectivity index (χ1v) is 7.59. The first kappa shape index (κ1) is 17.9. The Labute approximate surface area is 78.0 Å². The summed E-state index contributed by atoms with van der Waals surface area (Å²) in [5, 5.41) is 0. The van der Waals surface area contributed by atoms with Gasteiger partial charge in [-0.25, -0.2) is 0 Å². The van der Waals surface area contributed by atoms with E-state index in [0.29, 0.717) is 0 Å². The Morgan fingerprint density at radius 1 is 0.636 bits per heavy atom. The van der Waals surface area contributed by atoms with Crippen molar-refractivity contribution >= 4 is 29.0 Å². The van der Waals surface area contributed by atoms with E-state index in [2.05, 4.69) is 0 Å². The molecule has 0 saturated carbocycles. The topological polar surface area (TPSA) is 172 Å². The van der Waals surface area contributed by atoms with Crippen molar-refractivity contribution in [3.8, 4) is 0 Å². The van der Waals surface area contributed by atoms with Gasteiger partial charge in [-0.3, -0.25) is 0 Å². The molecule has 0 unspecified atom stereocenters. The molecule has 66 valence electrons. The fraction of sp³-hybridized carbons (Fsp3) is 0. The van der Waals surface area contributed by atoms with E-state index < -0.39 is 29.0 Å². The SMILES string of the molecule is O=[As]([O-])([O-])[O-].O=[As]([O-])([O-])[O-].[Fe+6]. The molecular formula is As2FeO8. The Kier molecular flexibility index (Phi) is 10.6. The van der Waals surface area contributed by atoms with Gasteiger partial charge in [0, 0.05) is 0 Å². The van der Waals surface area contributed by atoms with Crippen molar-refractivity contribution in [3.05, 3.63) is 0 Å². The van der Waals surface area contributed by atoms with Crippen molar-refractivity contribution in [2.75, 3.05) is 0 Å². The number of hydrogen-bond donors (Lipinski definition) is 0. The van der Waals surface area contributed by atoms with Crippen LogP contribution >= 0.6 is 0 Å². The van der Waals surface area contributed by atoms with Crippen LogP contribution in [-0.2, 0) is 24.5 Å². The summed E-state index contributed by atoms with van der Waals surface area (Å²) < 4.78 is 68.9. The third-order valence-electron chi connectivity index (χ3n) is 0. The summed E-state index contributed by atoms with van der Waals surface area (Å²) in [5.74, 6) is 0. The summed E-state index contributed by atoms with van der Waals surface area (Å²) in [4.78, 5) is 0. The average molecular weight is 334 g/mol. The minimum absolute atomic E-state index is 0. The molecule has 0 N–H and O–H groups in total. The predicted octanol–water partition coefficient (Wildman–Crippen LogP) is -8.14. The molecule has 0 aliphatic carbocycles. The molecule has 0 bridgehead atoms. The molecule has 0 amide bonds. The summed E-state index contributed by atoms with van der Waals surface area (Å²) in [6.45, 7) is 0. The smallest absolute Gasteiger partial charge is 6.00 e. The van der Waals surface area contributed by atoms with Gasteiger partial charge < -0.3 is 0 Å². The van der Waals surface area contributed by atoms with Crippen molar-refractivity contribution in [2.45, 2.75) is 0 Å². The Morgan fingerprint density at radius 2 is 0.636 bits per heavy atom. The van der Waals surface area contributed by atoms with Gasteiger partial charge in [-0.15, -0.1) is 0 Å². The second-order valence-electron chi connectivity index (χ2n) is 0.894. The van der Waals surface area contributed by atoms with Crippen LogP contribution in [0.2, 0.25) is 0 Å². The summed E-state index contributed by atoms with van der Waals surface area (Å²) in [6.07, 6.45) is 0. The number of hydrogen-bond acceptors (Lipinski definition) is 8. The van der Waals surface area contributed by atoms with Crippen LogP contribution in [0.1, 0.15) is 0 Å². The maximum atomic E-state index is 8.61. The van der Waals surface area contributed by atoms with E-state index in [9.17, 15) is 0 Å². The van der Waals surface area contributed by atoms with Crippen LogP contribution in [0.15, 0.2) is 0 Å². The fourth-order valence-electron chi connectivity index (χ4n) is 0. The largest absolute Gasteiger partial charge is 6.00 e. The summed E-state index contributed by atoms with van der Waals surface area (Å²) in [5.41, 5.74) is 0. The van der Waals surface area contributed by atoms with Crippen molar-refractivity contribution in [1.82, 2.24) is 0 Å². The van der Waals surface area contributed by atoms with Crippen LogP contribution in [0.5, 0.6) is 0 Å². The minimum atomic E-state index is -5.88. The van der Waals surface area contributed by atoms with E-state index in [4.69, 9.17) is 32.1 Å². The molecular weight excluding hydrogens is 334 g/mol. The van der Waals surface area contributed by atoms with E-state index in [0.717, 1.165) is 0 Å². The van der Waals surface area contributed by atoms with Gasteiger partial charge in [0.1, 0.15) is 0 Å². The van der Waals surface area contributed by atoms with Gasteiger partial charge in [0.05, 0.1) is 0 Å². The molecule has 0 radical (unpaired) electrons. The van der Waals surface area contributed by atoms with E-state index in [1.807, 2.05) is 0 Å². The molecule has 0 aromatic carbocycles. The van der Waals surface area contributed by atoms with Gasteiger partial charge >= 0.3 is 78.1 Å². The summed E-state index contributed by atoms with van der Waals surface area (Å²) >= 11 is -11.8. The third kappa shape index (κ3) is 896. The normalized spacial score (nSPS) is 10.7. The van der Waals surface area contributed by atoms with Crippen LogP contribution in [0, 0.1) is 0 Å². The van der Waals surface area contributed by atoms with Crippen LogP contribution < -0.4 is 24.6 Å². The molecule has 0 heterocycles. The van der Waals surface area contributed by atoms with Crippen LogP contribution in [-0.4, -0.2) is 29.0 Å². The molecule has 0 aliphatic rings. The van der Waals surface area contributed by atoms with Crippen molar-refractivity contribution < 1.29 is 49.1 Å². The van der Waals surface area contributed by atoms with Crippen LogP contribution in [0.4, 0.5) is 0 Å². The molecule has 11 heavy (non-hydrogen) atoms. The summed E-state index contributed by atoms with van der Waals surface area (Å²) in [6, 6.07) is 0. The second-order valence-corrected chi connectivity index (χ2v) is 4.65. The van der Waals surface area contributed by atoms with E-state index in [1.54, 1.807) is 0 Å². The standard InChI is InChI=1S/2AsH3O4.Fe/c2*2-1(3,4)5;/h2*(H3,2,3,4,5);/q;;+6/p-6. The maximum absolute atomic E-state index is 8.61. The van der Waals surface area contributed by atoms with Gasteiger partial charge in [0.15, 0.2) is 0 Å². The zero-order valence-corrected chi connectivity index (χ0v) is 9.37. The molecule has 0 saturated heterocycles. The van der Waals surface area contributed by atoms with Gasteiger partial charge in [-0.2, -0.15) is 0 Å². The van der Waals surface area contributed by atoms with Gasteiger partial charge in [-0.05, 0) is 0 Å². The zero-order chi connectivity index (χ0) is 9.00. The van der Waals surface area contributed by atoms with Gasteiger partial charge in [0.2, 0.25) is 0 Å². The van der Waals surface area contributed by atoms with Crippen molar-refractivity contribution in [2.24, 2.45) is 0 Å². The zero-order valence-electron chi connectivity index (χ0n) is 4.51. The molecule has 0 rings (SSSR count). The predicted molar refractivity (Wildman–Crippen MR) is 12.9 cm³/mol. The van der Waals surface area contributed by atoms with E-state index in [1.165, 1.54) is 0 Å². The van der Waals surface area contributed by atoms with Gasteiger partial charge in [0.25, 0.3) is 0 Å².